The lowest BCUT2D eigenvalue weighted by atomic mass is 10.1. The number of benzene rings is 2. The molecule has 2 unspecified atom stereocenters. The molecule has 1 heterocycles. The molecule has 0 radical (unpaired) electrons. The van der Waals surface area contributed by atoms with Gasteiger partial charge >= 0.3 is 0 Å². The summed E-state index contributed by atoms with van der Waals surface area (Å²) in [7, 11) is -8.19. The number of rotatable bonds is 7. The van der Waals surface area contributed by atoms with Crippen molar-refractivity contribution >= 4 is 37.5 Å². The largest absolute Gasteiger partial charge is 0.294 e. The van der Waals surface area contributed by atoms with E-state index in [1.807, 2.05) is 0 Å². The van der Waals surface area contributed by atoms with Crippen molar-refractivity contribution in [1.29, 1.82) is 0 Å². The molecule has 0 aromatic heterocycles. The predicted octanol–water partition coefficient (Wildman–Crippen LogP) is 2.13. The predicted molar refractivity (Wildman–Crippen MR) is 95.9 cm³/mol. The fourth-order valence-electron chi connectivity index (χ4n) is 2.37. The van der Waals surface area contributed by atoms with E-state index in [1.165, 1.54) is 36.4 Å². The Morgan fingerprint density at radius 1 is 1.04 bits per heavy atom. The molecule has 3 rings (SSSR count). The van der Waals surface area contributed by atoms with E-state index < -0.39 is 36.9 Å². The van der Waals surface area contributed by atoms with E-state index in [4.69, 9.17) is 21.0 Å². The third-order valence-electron chi connectivity index (χ3n) is 3.82. The summed E-state index contributed by atoms with van der Waals surface area (Å²) in [5, 5.41) is -1.72. The fourth-order valence-corrected chi connectivity index (χ4v) is 4.63. The first-order valence-corrected chi connectivity index (χ1v) is 11.0. The molecule has 1 N–H and O–H groups in total. The van der Waals surface area contributed by atoms with E-state index in [9.17, 15) is 21.6 Å². The maximum atomic E-state index is 12.5. The minimum Gasteiger partial charge on any atom is -0.294 e. The molecule has 144 valence electrons. The van der Waals surface area contributed by atoms with Gasteiger partial charge in [-0.2, -0.15) is 8.42 Å². The first-order chi connectivity index (χ1) is 12.5. The molecule has 2 aromatic carbocycles. The van der Waals surface area contributed by atoms with Crippen molar-refractivity contribution in [2.24, 2.45) is 0 Å². The number of alkyl halides is 1. The van der Waals surface area contributed by atoms with Crippen LogP contribution in [0.2, 0.25) is 0 Å². The molecule has 0 amide bonds. The molecule has 2 atom stereocenters. The van der Waals surface area contributed by atoms with E-state index in [2.05, 4.69) is 0 Å². The van der Waals surface area contributed by atoms with Crippen molar-refractivity contribution in [2.75, 3.05) is 5.75 Å². The van der Waals surface area contributed by atoms with Crippen LogP contribution in [-0.2, 0) is 30.2 Å². The molecule has 11 heteroatoms. The van der Waals surface area contributed by atoms with Gasteiger partial charge in [0.2, 0.25) is 0 Å². The third kappa shape index (κ3) is 4.21. The second-order valence-electron chi connectivity index (χ2n) is 5.73. The molecular formula is C16H14ClNO7S2. The number of hydroxylamine groups is 1. The average Bonchev–Trinajstić information content (AvgIpc) is 3.34. The molecule has 1 aliphatic heterocycles. The number of hydrogen-bond donors (Lipinski definition) is 1. The Kier molecular flexibility index (Phi) is 5.14. The number of nitrogens with zero attached hydrogens (tertiary/aromatic N) is 1. The van der Waals surface area contributed by atoms with E-state index in [1.54, 1.807) is 18.2 Å². The summed E-state index contributed by atoms with van der Waals surface area (Å²) in [5.41, 5.74) is 0.482. The molecule has 1 fully saturated rings. The molecule has 0 saturated carbocycles. The number of Topliss-reactive ketones (excluding diaryl/α,β-unsaturated/α-hetero) is 1. The van der Waals surface area contributed by atoms with Crippen molar-refractivity contribution in [3.8, 4) is 0 Å². The van der Waals surface area contributed by atoms with E-state index in [0.29, 0.717) is 4.47 Å². The molecule has 8 nitrogen and oxygen atoms in total. The van der Waals surface area contributed by atoms with Gasteiger partial charge in [0.25, 0.3) is 25.3 Å². The van der Waals surface area contributed by atoms with Crippen LogP contribution in [0.15, 0.2) is 59.5 Å². The second kappa shape index (κ2) is 6.97. The molecule has 0 aliphatic carbocycles. The van der Waals surface area contributed by atoms with E-state index in [-0.39, 0.29) is 22.4 Å². The summed E-state index contributed by atoms with van der Waals surface area (Å²) < 4.78 is 55.8. The van der Waals surface area contributed by atoms with E-state index in [0.717, 1.165) is 0 Å². The SMILES string of the molecule is O=C(CCS(=O)(=O)O)c1ccc(C2(Cl)ON2S(=O)(=O)c2ccccc2)cc1. The highest BCUT2D eigenvalue weighted by Gasteiger charge is 2.63. The monoisotopic (exact) mass is 431 g/mol. The van der Waals surface area contributed by atoms with Crippen molar-refractivity contribution in [2.45, 2.75) is 16.5 Å². The maximum Gasteiger partial charge on any atom is 0.281 e. The highest BCUT2D eigenvalue weighted by Crippen LogP contribution is 2.52. The molecule has 1 aliphatic rings. The Hall–Kier alpha value is -1.82. The normalized spacial score (nSPS) is 22.4. The van der Waals surface area contributed by atoms with Crippen molar-refractivity contribution < 1.29 is 31.0 Å². The summed E-state index contributed by atoms with van der Waals surface area (Å²) in [6, 6.07) is 13.2. The minimum atomic E-state index is -4.23. The van der Waals surface area contributed by atoms with Crippen LogP contribution < -0.4 is 0 Å². The quantitative estimate of drug-likeness (QED) is 0.234. The second-order valence-corrected chi connectivity index (χ2v) is 9.57. The lowest BCUT2D eigenvalue weighted by Crippen LogP contribution is -2.18. The van der Waals surface area contributed by atoms with Gasteiger partial charge in [0.05, 0.1) is 10.6 Å². The standard InChI is InChI=1S/C16H14ClNO7S2/c17-16(18(25-16)27(23,24)14-4-2-1-3-5-14)13-8-6-12(7-9-13)15(19)10-11-26(20,21)22/h1-9H,10-11H2,(H,20,21,22). The molecule has 0 spiro atoms. The third-order valence-corrected chi connectivity index (χ3v) is 6.71. The van der Waals surface area contributed by atoms with Crippen molar-refractivity contribution in [3.05, 3.63) is 65.7 Å². The van der Waals surface area contributed by atoms with Gasteiger partial charge in [-0.3, -0.25) is 9.35 Å². The lowest BCUT2D eigenvalue weighted by Gasteiger charge is -2.07. The summed E-state index contributed by atoms with van der Waals surface area (Å²) in [6.07, 6.45) is -0.380. The van der Waals surface area contributed by atoms with E-state index >= 15 is 0 Å². The Morgan fingerprint density at radius 2 is 1.63 bits per heavy atom. The van der Waals surface area contributed by atoms with Crippen LogP contribution in [0.4, 0.5) is 0 Å². The van der Waals surface area contributed by atoms with Gasteiger partial charge in [-0.25, -0.2) is 13.3 Å². The maximum absolute atomic E-state index is 12.5. The van der Waals surface area contributed by atoms with Gasteiger partial charge < -0.3 is 0 Å². The number of halogens is 1. The molecule has 27 heavy (non-hydrogen) atoms. The smallest absolute Gasteiger partial charge is 0.281 e. The summed E-state index contributed by atoms with van der Waals surface area (Å²) in [4.78, 5) is 17.1. The summed E-state index contributed by atoms with van der Waals surface area (Å²) in [5.74, 6) is -1.17. The zero-order chi connectivity index (χ0) is 19.9. The molecular weight excluding hydrogens is 418 g/mol. The number of carbonyl (C=O) groups excluding carboxylic acids is 1. The van der Waals surface area contributed by atoms with Crippen LogP contribution in [0, 0.1) is 0 Å². The highest BCUT2D eigenvalue weighted by molar-refractivity contribution is 7.89. The summed E-state index contributed by atoms with van der Waals surface area (Å²) >= 11 is 6.25. The topological polar surface area (TPSA) is 121 Å². The zero-order valence-corrected chi connectivity index (χ0v) is 16.0. The van der Waals surface area contributed by atoms with Crippen LogP contribution in [0.25, 0.3) is 0 Å². The summed E-state index contributed by atoms with van der Waals surface area (Å²) in [6.45, 7) is 0. The van der Waals surface area contributed by atoms with Crippen LogP contribution in [0.5, 0.6) is 0 Å². The van der Waals surface area contributed by atoms with Gasteiger partial charge in [0.1, 0.15) is 0 Å². The highest BCUT2D eigenvalue weighted by atomic mass is 35.5. The van der Waals surface area contributed by atoms with Gasteiger partial charge in [0.15, 0.2) is 5.78 Å². The van der Waals surface area contributed by atoms with Gasteiger partial charge in [0, 0.05) is 17.5 Å². The number of hydrogen-bond acceptors (Lipinski definition) is 6. The van der Waals surface area contributed by atoms with Gasteiger partial charge in [-0.05, 0) is 16.6 Å². The van der Waals surface area contributed by atoms with Gasteiger partial charge in [-0.1, -0.05) is 54.1 Å². The molecule has 1 saturated heterocycles. The molecule has 2 aromatic rings. The van der Waals surface area contributed by atoms with Crippen LogP contribution in [-0.4, -0.2) is 37.4 Å². The number of carbonyl (C=O) groups is 1. The van der Waals surface area contributed by atoms with Gasteiger partial charge in [-0.15, -0.1) is 0 Å². The zero-order valence-electron chi connectivity index (χ0n) is 13.6. The van der Waals surface area contributed by atoms with Crippen LogP contribution >= 0.6 is 11.6 Å². The Balaban J connectivity index is 1.76. The lowest BCUT2D eigenvalue weighted by molar-refractivity contribution is 0.0988. The van der Waals surface area contributed by atoms with Crippen molar-refractivity contribution in [3.63, 3.8) is 0 Å². The minimum absolute atomic E-state index is 0.0181. The Labute approximate surface area is 161 Å². The van der Waals surface area contributed by atoms with Crippen LogP contribution in [0.1, 0.15) is 22.3 Å². The van der Waals surface area contributed by atoms with Crippen molar-refractivity contribution in [1.82, 2.24) is 4.47 Å². The fraction of sp³-hybridized carbons (Fsp3) is 0.188. The number of ketones is 1. The number of sulfonamides is 1. The Morgan fingerprint density at radius 3 is 2.19 bits per heavy atom. The first-order valence-electron chi connectivity index (χ1n) is 7.61. The van der Waals surface area contributed by atoms with Crippen LogP contribution in [0.3, 0.4) is 0 Å². The first kappa shape index (κ1) is 19.9. The average molecular weight is 432 g/mol. The Bertz CT molecular complexity index is 1070. The molecule has 0 bridgehead atoms.